The molecule has 156 valence electrons. The fraction of sp³-hybridized carbons (Fsp3) is 0.478. The van der Waals surface area contributed by atoms with Gasteiger partial charge in [0.25, 0.3) is 0 Å². The molecule has 1 aromatic carbocycles. The monoisotopic (exact) mass is 414 g/mol. The third-order valence-corrected chi connectivity index (χ3v) is 10.7. The van der Waals surface area contributed by atoms with E-state index in [1.54, 1.807) is 6.08 Å². The first-order valence-corrected chi connectivity index (χ1v) is 13.0. The molecule has 0 spiro atoms. The van der Waals surface area contributed by atoms with E-state index < -0.39 is 26.4 Å². The Bertz CT molecular complexity index is 848. The summed E-state index contributed by atoms with van der Waals surface area (Å²) >= 11 is 0. The van der Waals surface area contributed by atoms with Crippen LogP contribution in [0.1, 0.15) is 45.3 Å². The molecule has 0 bridgehead atoms. The molecule has 6 heteroatoms. The second-order valence-electron chi connectivity index (χ2n) is 9.33. The van der Waals surface area contributed by atoms with E-state index in [-0.39, 0.29) is 41.0 Å². The van der Waals surface area contributed by atoms with E-state index in [0.29, 0.717) is 0 Å². The number of Topliss-reactive ketones (excluding diaryl/α,β-unsaturated/α-hetero) is 1. The minimum absolute atomic E-state index is 0.00509. The van der Waals surface area contributed by atoms with Crippen LogP contribution < -0.4 is 0 Å². The van der Waals surface area contributed by atoms with Crippen LogP contribution in [0.4, 0.5) is 0 Å². The van der Waals surface area contributed by atoms with Gasteiger partial charge in [-0.05, 0) is 35.8 Å². The van der Waals surface area contributed by atoms with Crippen molar-refractivity contribution in [3.8, 4) is 0 Å². The maximum atomic E-state index is 13.3. The average Bonchev–Trinajstić information content (AvgIpc) is 3.00. The van der Waals surface area contributed by atoms with Gasteiger partial charge in [-0.2, -0.15) is 0 Å². The number of rotatable bonds is 6. The molecule has 29 heavy (non-hydrogen) atoms. The van der Waals surface area contributed by atoms with Crippen LogP contribution >= 0.6 is 0 Å². The molecule has 3 rings (SSSR count). The highest BCUT2D eigenvalue weighted by molar-refractivity contribution is 6.74. The summed E-state index contributed by atoms with van der Waals surface area (Å²) in [7, 11) is -2.15. The number of hydrogen-bond acceptors (Lipinski definition) is 5. The normalized spacial score (nSPS) is 23.0. The number of benzene rings is 1. The number of carbonyl (C=O) groups excluding carboxylic acids is 2. The second-order valence-corrected chi connectivity index (χ2v) is 14.1. The molecule has 0 saturated carbocycles. The molecule has 1 aliphatic heterocycles. The molecule has 1 heterocycles. The predicted molar refractivity (Wildman–Crippen MR) is 114 cm³/mol. The average molecular weight is 415 g/mol. The minimum atomic E-state index is -2.15. The predicted octanol–water partition coefficient (Wildman–Crippen LogP) is 5.02. The van der Waals surface area contributed by atoms with Crippen LogP contribution in [0.25, 0.3) is 0 Å². The Morgan fingerprint density at radius 1 is 1.28 bits per heavy atom. The van der Waals surface area contributed by atoms with Gasteiger partial charge < -0.3 is 14.3 Å². The molecular formula is C23H30O5Si. The summed E-state index contributed by atoms with van der Waals surface area (Å²) < 4.78 is 11.9. The Morgan fingerprint density at radius 3 is 2.55 bits per heavy atom. The first kappa shape index (κ1) is 21.5. The van der Waals surface area contributed by atoms with Crippen molar-refractivity contribution in [3.63, 3.8) is 0 Å². The third-order valence-electron chi connectivity index (χ3n) is 6.23. The van der Waals surface area contributed by atoms with Gasteiger partial charge in [0.15, 0.2) is 14.1 Å². The van der Waals surface area contributed by atoms with Crippen molar-refractivity contribution in [2.45, 2.75) is 64.0 Å². The lowest BCUT2D eigenvalue weighted by Gasteiger charge is -2.39. The molecule has 1 aromatic rings. The molecule has 1 fully saturated rings. The van der Waals surface area contributed by atoms with Crippen LogP contribution in [0.3, 0.4) is 0 Å². The number of allylic oxidation sites excluding steroid dienone is 1. The number of aliphatic hydroxyl groups excluding tert-OH is 1. The molecule has 0 radical (unpaired) electrons. The molecule has 3 atom stereocenters. The van der Waals surface area contributed by atoms with E-state index in [1.165, 1.54) is 6.08 Å². The van der Waals surface area contributed by atoms with Crippen molar-refractivity contribution in [2.75, 3.05) is 0 Å². The molecule has 1 N–H and O–H groups in total. The van der Waals surface area contributed by atoms with Crippen LogP contribution in [0.2, 0.25) is 18.1 Å². The molecule has 5 nitrogen and oxygen atoms in total. The Kier molecular flexibility index (Phi) is 5.88. The van der Waals surface area contributed by atoms with Crippen LogP contribution in [0.15, 0.2) is 53.8 Å². The van der Waals surface area contributed by atoms with Gasteiger partial charge in [0.1, 0.15) is 11.9 Å². The highest BCUT2D eigenvalue weighted by Crippen LogP contribution is 2.42. The van der Waals surface area contributed by atoms with Crippen molar-refractivity contribution in [1.29, 1.82) is 0 Å². The zero-order valence-electron chi connectivity index (χ0n) is 17.8. The van der Waals surface area contributed by atoms with E-state index >= 15 is 0 Å². The molecule has 1 aliphatic carbocycles. The Balaban J connectivity index is 1.89. The summed E-state index contributed by atoms with van der Waals surface area (Å²) in [6.45, 7) is 10.8. The number of esters is 1. The number of aliphatic hydroxyl groups is 1. The van der Waals surface area contributed by atoms with Crippen molar-refractivity contribution in [3.05, 3.63) is 59.4 Å². The van der Waals surface area contributed by atoms with Crippen molar-refractivity contribution in [1.82, 2.24) is 0 Å². The van der Waals surface area contributed by atoms with Crippen LogP contribution in [0, 0.1) is 5.92 Å². The SMILES string of the molecule is CC(C)(C)[Si](C)(C)O[C@H](CC(=O)C1=C(O)C=C[C@@H]2OC(=O)C[C@H]12)c1ccccc1. The maximum Gasteiger partial charge on any atom is 0.307 e. The standard InChI is InChI=1S/C23H30O5Si/c1-23(2,3)29(4,5)28-20(15-9-7-6-8-10-15)14-18(25)22-16-13-21(26)27-19(16)12-11-17(22)24/h6-12,16,19-20,24H,13-14H2,1-5H3/t16-,19-,20+/m0/s1. The zero-order chi connectivity index (χ0) is 21.4. The van der Waals surface area contributed by atoms with Crippen molar-refractivity contribution >= 4 is 20.1 Å². The third kappa shape index (κ3) is 4.54. The van der Waals surface area contributed by atoms with Gasteiger partial charge in [0.2, 0.25) is 0 Å². The lowest BCUT2D eigenvalue weighted by atomic mass is 9.83. The summed E-state index contributed by atoms with van der Waals surface area (Å²) in [5.74, 6) is -1.05. The van der Waals surface area contributed by atoms with Gasteiger partial charge >= 0.3 is 5.97 Å². The maximum absolute atomic E-state index is 13.3. The van der Waals surface area contributed by atoms with Crippen LogP contribution in [-0.2, 0) is 18.8 Å². The molecule has 0 unspecified atom stereocenters. The number of hydrogen-bond donors (Lipinski definition) is 1. The van der Waals surface area contributed by atoms with Gasteiger partial charge in [-0.25, -0.2) is 0 Å². The lowest BCUT2D eigenvalue weighted by Crippen LogP contribution is -2.42. The van der Waals surface area contributed by atoms with Crippen LogP contribution in [-0.4, -0.2) is 31.3 Å². The Labute approximate surface area is 173 Å². The van der Waals surface area contributed by atoms with Gasteiger partial charge in [0.05, 0.1) is 12.5 Å². The van der Waals surface area contributed by atoms with Gasteiger partial charge in [0, 0.05) is 17.9 Å². The number of carbonyl (C=O) groups is 2. The zero-order valence-corrected chi connectivity index (χ0v) is 18.8. The Morgan fingerprint density at radius 2 is 1.93 bits per heavy atom. The number of fused-ring (bicyclic) bond motifs is 1. The summed E-state index contributed by atoms with van der Waals surface area (Å²) in [4.78, 5) is 25.0. The molecule has 0 amide bonds. The lowest BCUT2D eigenvalue weighted by molar-refractivity contribution is -0.140. The second kappa shape index (κ2) is 7.92. The van der Waals surface area contributed by atoms with E-state index in [1.807, 2.05) is 30.3 Å². The highest BCUT2D eigenvalue weighted by atomic mass is 28.4. The summed E-state index contributed by atoms with van der Waals surface area (Å²) in [5, 5.41) is 10.4. The van der Waals surface area contributed by atoms with E-state index in [2.05, 4.69) is 33.9 Å². The smallest absolute Gasteiger partial charge is 0.307 e. The molecule has 0 aromatic heterocycles. The van der Waals surface area contributed by atoms with Crippen LogP contribution in [0.5, 0.6) is 0 Å². The largest absolute Gasteiger partial charge is 0.508 e. The van der Waals surface area contributed by atoms with E-state index in [0.717, 1.165) is 5.56 Å². The molecular weight excluding hydrogens is 384 g/mol. The van der Waals surface area contributed by atoms with Crippen molar-refractivity contribution < 1.29 is 23.9 Å². The number of ketones is 1. The first-order chi connectivity index (χ1) is 13.5. The fourth-order valence-electron chi connectivity index (χ4n) is 3.54. The quantitative estimate of drug-likeness (QED) is 0.522. The van der Waals surface area contributed by atoms with E-state index in [4.69, 9.17) is 9.16 Å². The molecule has 2 aliphatic rings. The first-order valence-electron chi connectivity index (χ1n) is 10.1. The van der Waals surface area contributed by atoms with E-state index in [9.17, 15) is 14.7 Å². The highest BCUT2D eigenvalue weighted by Gasteiger charge is 2.43. The van der Waals surface area contributed by atoms with Gasteiger partial charge in [-0.1, -0.05) is 51.1 Å². The topological polar surface area (TPSA) is 72.8 Å². The Hall–Kier alpha value is -2.18. The van der Waals surface area contributed by atoms with Gasteiger partial charge in [-0.3, -0.25) is 9.59 Å². The number of ether oxygens (including phenoxy) is 1. The fourth-order valence-corrected chi connectivity index (χ4v) is 4.82. The van der Waals surface area contributed by atoms with Crippen molar-refractivity contribution in [2.24, 2.45) is 5.92 Å². The summed E-state index contributed by atoms with van der Waals surface area (Å²) in [5.41, 5.74) is 1.22. The summed E-state index contributed by atoms with van der Waals surface area (Å²) in [6, 6.07) is 9.72. The minimum Gasteiger partial charge on any atom is -0.508 e. The summed E-state index contributed by atoms with van der Waals surface area (Å²) in [6.07, 6.45) is 2.43. The van der Waals surface area contributed by atoms with Gasteiger partial charge in [-0.15, -0.1) is 0 Å². The molecule has 1 saturated heterocycles.